The van der Waals surface area contributed by atoms with Crippen LogP contribution in [-0.4, -0.2) is 23.6 Å². The molecule has 1 fully saturated rings. The van der Waals surface area contributed by atoms with Gasteiger partial charge in [0.15, 0.2) is 0 Å². The number of hydrogen-bond donors (Lipinski definition) is 3. The van der Waals surface area contributed by atoms with Crippen LogP contribution in [0, 0.1) is 11.7 Å². The van der Waals surface area contributed by atoms with Crippen LogP contribution in [0.1, 0.15) is 36.0 Å². The number of amides is 1. The van der Waals surface area contributed by atoms with Gasteiger partial charge in [-0.15, -0.1) is 0 Å². The Kier molecular flexibility index (Phi) is 4.37. The minimum Gasteiger partial charge on any atom is -0.507 e. The van der Waals surface area contributed by atoms with E-state index in [9.17, 15) is 14.3 Å². The summed E-state index contributed by atoms with van der Waals surface area (Å²) in [5.41, 5.74) is 5.38. The van der Waals surface area contributed by atoms with Crippen molar-refractivity contribution in [1.82, 2.24) is 5.32 Å². The van der Waals surface area contributed by atoms with Crippen LogP contribution in [0.2, 0.25) is 0 Å². The molecule has 0 spiro atoms. The molecule has 4 N–H and O–H groups in total. The number of nitrogens with two attached hydrogens (primary N) is 1. The molecular formula is C14H19FN2O2. The molecular weight excluding hydrogens is 247 g/mol. The van der Waals surface area contributed by atoms with Gasteiger partial charge in [0.1, 0.15) is 17.1 Å². The lowest BCUT2D eigenvalue weighted by Gasteiger charge is -2.23. The second-order valence-electron chi connectivity index (χ2n) is 4.99. The number of nitrogens with one attached hydrogen (secondary N) is 1. The zero-order valence-corrected chi connectivity index (χ0v) is 10.7. The van der Waals surface area contributed by atoms with E-state index in [-0.39, 0.29) is 17.4 Å². The highest BCUT2D eigenvalue weighted by Crippen LogP contribution is 2.28. The van der Waals surface area contributed by atoms with E-state index in [1.807, 2.05) is 0 Å². The van der Waals surface area contributed by atoms with E-state index in [0.717, 1.165) is 31.7 Å². The summed E-state index contributed by atoms with van der Waals surface area (Å²) in [4.78, 5) is 12.0. The Labute approximate surface area is 111 Å². The monoisotopic (exact) mass is 266 g/mol. The molecule has 1 aromatic rings. The summed E-state index contributed by atoms with van der Waals surface area (Å²) < 4.78 is 13.6. The van der Waals surface area contributed by atoms with Gasteiger partial charge in [-0.25, -0.2) is 4.39 Å². The molecule has 104 valence electrons. The number of phenols is 1. The zero-order chi connectivity index (χ0) is 13.8. The van der Waals surface area contributed by atoms with Gasteiger partial charge in [0.25, 0.3) is 5.91 Å². The second-order valence-corrected chi connectivity index (χ2v) is 4.99. The van der Waals surface area contributed by atoms with Crippen molar-refractivity contribution in [3.8, 4) is 5.75 Å². The molecule has 1 aliphatic carbocycles. The summed E-state index contributed by atoms with van der Waals surface area (Å²) in [7, 11) is 0. The summed E-state index contributed by atoms with van der Waals surface area (Å²) in [5.74, 6) is -1.32. The molecule has 0 heterocycles. The minimum absolute atomic E-state index is 0.158. The van der Waals surface area contributed by atoms with Crippen LogP contribution in [0.4, 0.5) is 4.39 Å². The maximum atomic E-state index is 13.6. The molecule has 0 aliphatic heterocycles. The van der Waals surface area contributed by atoms with Gasteiger partial charge in [-0.1, -0.05) is 18.9 Å². The molecule has 19 heavy (non-hydrogen) atoms. The van der Waals surface area contributed by atoms with Gasteiger partial charge < -0.3 is 16.2 Å². The standard InChI is InChI=1S/C14H19FN2O2/c15-10-6-3-7-12(18)13(10)14(19)17-11(8-16)9-4-1-2-5-9/h3,6-7,9,11,18H,1-2,4-5,8,16H2,(H,17,19). The second kappa shape index (κ2) is 6.02. The van der Waals surface area contributed by atoms with Gasteiger partial charge in [0, 0.05) is 12.6 Å². The summed E-state index contributed by atoms with van der Waals surface area (Å²) in [6.07, 6.45) is 4.35. The van der Waals surface area contributed by atoms with Crippen molar-refractivity contribution >= 4 is 5.91 Å². The Hall–Kier alpha value is -1.62. The Morgan fingerprint density at radius 3 is 2.74 bits per heavy atom. The lowest BCUT2D eigenvalue weighted by molar-refractivity contribution is 0.0917. The molecule has 1 aromatic carbocycles. The quantitative estimate of drug-likeness (QED) is 0.777. The third kappa shape index (κ3) is 3.04. The largest absolute Gasteiger partial charge is 0.507 e. The van der Waals surface area contributed by atoms with Gasteiger partial charge in [0.2, 0.25) is 0 Å². The fourth-order valence-electron chi connectivity index (χ4n) is 2.71. The van der Waals surface area contributed by atoms with E-state index in [2.05, 4.69) is 5.32 Å². The number of aromatic hydroxyl groups is 1. The third-order valence-electron chi connectivity index (χ3n) is 3.76. The maximum absolute atomic E-state index is 13.6. The number of hydrogen-bond acceptors (Lipinski definition) is 3. The first kappa shape index (κ1) is 13.8. The predicted molar refractivity (Wildman–Crippen MR) is 70.3 cm³/mol. The lowest BCUT2D eigenvalue weighted by Crippen LogP contribution is -2.44. The van der Waals surface area contributed by atoms with Gasteiger partial charge in [-0.3, -0.25) is 4.79 Å². The minimum atomic E-state index is -0.723. The van der Waals surface area contributed by atoms with Gasteiger partial charge in [0.05, 0.1) is 0 Å². The Morgan fingerprint density at radius 1 is 1.47 bits per heavy atom. The molecule has 5 heteroatoms. The molecule has 1 aliphatic rings. The van der Waals surface area contributed by atoms with Crippen molar-refractivity contribution in [3.63, 3.8) is 0 Å². The molecule has 2 rings (SSSR count). The zero-order valence-electron chi connectivity index (χ0n) is 10.7. The van der Waals surface area contributed by atoms with Crippen molar-refractivity contribution < 1.29 is 14.3 Å². The van der Waals surface area contributed by atoms with Crippen molar-refractivity contribution in [1.29, 1.82) is 0 Å². The van der Waals surface area contributed by atoms with E-state index in [1.54, 1.807) is 0 Å². The molecule has 1 unspecified atom stereocenters. The number of halogens is 1. The van der Waals surface area contributed by atoms with Crippen molar-refractivity contribution in [3.05, 3.63) is 29.6 Å². The van der Waals surface area contributed by atoms with Crippen LogP contribution in [0.3, 0.4) is 0 Å². The normalized spacial score (nSPS) is 17.4. The first-order chi connectivity index (χ1) is 9.13. The summed E-state index contributed by atoms with van der Waals surface area (Å²) in [6, 6.07) is 3.65. The van der Waals surface area contributed by atoms with E-state index in [4.69, 9.17) is 5.73 Å². The molecule has 1 amide bonds. The van der Waals surface area contributed by atoms with E-state index >= 15 is 0 Å². The smallest absolute Gasteiger partial charge is 0.258 e. The van der Waals surface area contributed by atoms with Crippen LogP contribution >= 0.6 is 0 Å². The number of benzene rings is 1. The highest BCUT2D eigenvalue weighted by atomic mass is 19.1. The summed E-state index contributed by atoms with van der Waals surface area (Å²) in [5, 5.41) is 12.3. The van der Waals surface area contributed by atoms with Crippen LogP contribution in [0.15, 0.2) is 18.2 Å². The molecule has 4 nitrogen and oxygen atoms in total. The van der Waals surface area contributed by atoms with Crippen LogP contribution in [0.25, 0.3) is 0 Å². The Morgan fingerprint density at radius 2 is 2.16 bits per heavy atom. The molecule has 1 saturated carbocycles. The van der Waals surface area contributed by atoms with Crippen LogP contribution < -0.4 is 11.1 Å². The van der Waals surface area contributed by atoms with Crippen LogP contribution in [0.5, 0.6) is 5.75 Å². The lowest BCUT2D eigenvalue weighted by atomic mass is 9.97. The molecule has 0 aromatic heterocycles. The number of rotatable bonds is 4. The van der Waals surface area contributed by atoms with Gasteiger partial charge in [-0.05, 0) is 30.9 Å². The average Bonchev–Trinajstić information content (AvgIpc) is 2.89. The van der Waals surface area contributed by atoms with E-state index in [0.29, 0.717) is 12.5 Å². The van der Waals surface area contributed by atoms with Gasteiger partial charge in [-0.2, -0.15) is 0 Å². The average molecular weight is 266 g/mol. The SMILES string of the molecule is NCC(NC(=O)c1c(O)cccc1F)C1CCCC1. The number of carbonyl (C=O) groups is 1. The van der Waals surface area contributed by atoms with Crippen LogP contribution in [-0.2, 0) is 0 Å². The molecule has 0 saturated heterocycles. The highest BCUT2D eigenvalue weighted by Gasteiger charge is 2.27. The van der Waals surface area contributed by atoms with Crippen molar-refractivity contribution in [2.24, 2.45) is 11.7 Å². The molecule has 1 atom stereocenters. The summed E-state index contributed by atoms with van der Waals surface area (Å²) >= 11 is 0. The highest BCUT2D eigenvalue weighted by molar-refractivity contribution is 5.97. The Bertz CT molecular complexity index is 439. The third-order valence-corrected chi connectivity index (χ3v) is 3.76. The fourth-order valence-corrected chi connectivity index (χ4v) is 2.71. The maximum Gasteiger partial charge on any atom is 0.258 e. The van der Waals surface area contributed by atoms with E-state index < -0.39 is 11.7 Å². The Balaban J connectivity index is 2.11. The van der Waals surface area contributed by atoms with Crippen molar-refractivity contribution in [2.75, 3.05) is 6.54 Å². The molecule has 0 radical (unpaired) electrons. The van der Waals surface area contributed by atoms with Gasteiger partial charge >= 0.3 is 0 Å². The predicted octanol–water partition coefficient (Wildman–Crippen LogP) is 1.78. The van der Waals surface area contributed by atoms with Crippen molar-refractivity contribution in [2.45, 2.75) is 31.7 Å². The summed E-state index contributed by atoms with van der Waals surface area (Å²) in [6.45, 7) is 0.325. The first-order valence-electron chi connectivity index (χ1n) is 6.62. The molecule has 0 bridgehead atoms. The topological polar surface area (TPSA) is 75.3 Å². The first-order valence-corrected chi connectivity index (χ1v) is 6.62. The van der Waals surface area contributed by atoms with E-state index in [1.165, 1.54) is 12.1 Å². The fraction of sp³-hybridized carbons (Fsp3) is 0.500. The number of phenolic OH excluding ortho intramolecular Hbond substituents is 1. The number of carbonyl (C=O) groups excluding carboxylic acids is 1.